The van der Waals surface area contributed by atoms with Crippen LogP contribution in [0.1, 0.15) is 5.56 Å². The molecule has 9 heavy (non-hydrogen) atoms. The molecule has 0 aliphatic carbocycles. The molecular weight excluding hydrogens is 169 g/mol. The third kappa shape index (κ3) is 0.834. The van der Waals surface area contributed by atoms with Crippen molar-refractivity contribution in [1.29, 1.82) is 0 Å². The quantitative estimate of drug-likeness (QED) is 0.505. The molecule has 0 radical (unpaired) electrons. The Morgan fingerprint density at radius 3 is 2.89 bits per heavy atom. The molecule has 1 aromatic rings. The molecule has 0 saturated heterocycles. The van der Waals surface area contributed by atoms with Gasteiger partial charge in [-0.2, -0.15) is 0 Å². The molecule has 0 spiro atoms. The van der Waals surface area contributed by atoms with E-state index in [0.717, 1.165) is 0 Å². The zero-order valence-electron chi connectivity index (χ0n) is 5.17. The van der Waals surface area contributed by atoms with Crippen molar-refractivity contribution < 1.29 is 0 Å². The van der Waals surface area contributed by atoms with Crippen LogP contribution in [0.4, 0.5) is 0 Å². The van der Waals surface area contributed by atoms with Gasteiger partial charge in [-0.3, -0.25) is 0 Å². The zero-order chi connectivity index (χ0) is 6.10. The van der Waals surface area contributed by atoms with Crippen molar-refractivity contribution in [3.8, 4) is 0 Å². The summed E-state index contributed by atoms with van der Waals surface area (Å²) in [6.45, 7) is 0. The van der Waals surface area contributed by atoms with Crippen molar-refractivity contribution >= 4 is 25.9 Å². The van der Waals surface area contributed by atoms with Crippen LogP contribution in [0.5, 0.6) is 0 Å². The van der Waals surface area contributed by atoms with Crippen LogP contribution in [0.3, 0.4) is 0 Å². The summed E-state index contributed by atoms with van der Waals surface area (Å²) in [5, 5.41) is 0. The maximum absolute atomic E-state index is 2.39. The number of benzene rings is 1. The van der Waals surface area contributed by atoms with E-state index in [4.69, 9.17) is 0 Å². The van der Waals surface area contributed by atoms with Gasteiger partial charge in [0.1, 0.15) is 0 Å². The molecule has 0 unspecified atom stereocenters. The summed E-state index contributed by atoms with van der Waals surface area (Å²) in [6.07, 6.45) is 2.26. The average Bonchev–Trinajstić information content (AvgIpc) is 2.33. The Kier molecular flexibility index (Phi) is 1.20. The average molecular weight is 177 g/mol. The van der Waals surface area contributed by atoms with E-state index in [2.05, 4.69) is 35.3 Å². The first-order chi connectivity index (χ1) is 4.47. The molecule has 1 heteroatoms. The van der Waals surface area contributed by atoms with E-state index < -0.39 is 0 Å². The van der Waals surface area contributed by atoms with E-state index >= 15 is 0 Å². The fourth-order valence-electron chi connectivity index (χ4n) is 1.20. The van der Waals surface area contributed by atoms with Gasteiger partial charge in [-0.25, -0.2) is 0 Å². The van der Waals surface area contributed by atoms with E-state index in [9.17, 15) is 0 Å². The van der Waals surface area contributed by atoms with E-state index in [1.165, 1.54) is 5.56 Å². The maximum atomic E-state index is 2.39. The number of rotatable bonds is 0. The minimum absolute atomic E-state index is 0.378. The van der Waals surface area contributed by atoms with Crippen molar-refractivity contribution in [3.63, 3.8) is 0 Å². The summed E-state index contributed by atoms with van der Waals surface area (Å²) in [5.41, 5.74) is 1.47. The molecule has 1 aliphatic heterocycles. The third-order valence-corrected chi connectivity index (χ3v) is 4.95. The molecule has 0 saturated carbocycles. The van der Waals surface area contributed by atoms with Gasteiger partial charge in [-0.15, -0.1) is 0 Å². The summed E-state index contributed by atoms with van der Waals surface area (Å²) >= 11 is -0.378. The van der Waals surface area contributed by atoms with E-state index in [1.54, 1.807) is 4.40 Å². The van der Waals surface area contributed by atoms with Gasteiger partial charge in [-0.1, -0.05) is 0 Å². The molecule has 0 N–H and O–H groups in total. The Morgan fingerprint density at radius 2 is 2.00 bits per heavy atom. The van der Waals surface area contributed by atoms with Gasteiger partial charge in [0.2, 0.25) is 0 Å². The molecular formula is C8H8Ge. The number of fused-ring (bicyclic) bond motifs is 1. The van der Waals surface area contributed by atoms with E-state index in [1.807, 2.05) is 0 Å². The first-order valence-corrected chi connectivity index (χ1v) is 6.41. The van der Waals surface area contributed by atoms with Crippen molar-refractivity contribution in [2.45, 2.75) is 0 Å². The summed E-state index contributed by atoms with van der Waals surface area (Å²) < 4.78 is 1.64. The molecule has 44 valence electrons. The van der Waals surface area contributed by atoms with Crippen LogP contribution in [-0.2, 0) is 0 Å². The van der Waals surface area contributed by atoms with E-state index in [-0.39, 0.29) is 15.4 Å². The Labute approximate surface area is 61.1 Å². The zero-order valence-corrected chi connectivity index (χ0v) is 8.14. The van der Waals surface area contributed by atoms with Crippen LogP contribution in [-0.4, -0.2) is 15.4 Å². The Bertz CT molecular complexity index is 250. The number of hydrogen-bond acceptors (Lipinski definition) is 0. The monoisotopic (exact) mass is 178 g/mol. The summed E-state index contributed by atoms with van der Waals surface area (Å²) in [6, 6.07) is 8.70. The minimum atomic E-state index is -0.378. The topological polar surface area (TPSA) is 0 Å². The molecule has 1 aliphatic rings. The Hall–Kier alpha value is -0.497. The van der Waals surface area contributed by atoms with Gasteiger partial charge in [0.15, 0.2) is 0 Å². The molecule has 0 atom stereocenters. The third-order valence-electron chi connectivity index (χ3n) is 1.69. The van der Waals surface area contributed by atoms with Crippen molar-refractivity contribution in [1.82, 2.24) is 0 Å². The second-order valence-corrected chi connectivity index (χ2v) is 5.75. The first kappa shape index (κ1) is 5.30. The normalized spacial score (nSPS) is 16.4. The van der Waals surface area contributed by atoms with Crippen LogP contribution in [0.15, 0.2) is 29.2 Å². The summed E-state index contributed by atoms with van der Waals surface area (Å²) in [5.74, 6) is 0. The van der Waals surface area contributed by atoms with Crippen LogP contribution in [0.25, 0.3) is 6.08 Å². The molecule has 2 rings (SSSR count). The van der Waals surface area contributed by atoms with Gasteiger partial charge in [0.25, 0.3) is 0 Å². The Balaban J connectivity index is 2.63. The Morgan fingerprint density at radius 1 is 1.11 bits per heavy atom. The van der Waals surface area contributed by atoms with Gasteiger partial charge in [0, 0.05) is 0 Å². The second-order valence-electron chi connectivity index (χ2n) is 2.31. The molecule has 0 nitrogen and oxygen atoms in total. The molecule has 1 heterocycles. The predicted octanol–water partition coefficient (Wildman–Crippen LogP) is 0.465. The molecule has 0 fully saturated rings. The van der Waals surface area contributed by atoms with Crippen LogP contribution in [0, 0.1) is 0 Å². The van der Waals surface area contributed by atoms with Crippen LogP contribution in [0.2, 0.25) is 0 Å². The second kappa shape index (κ2) is 2.03. The SMILES string of the molecule is [CH]1=Cc2cccc[c]2[GeH2]1. The standard InChI is InChI=1S/C8H8Ge/c1-2-4-8-7(3-1)5-6-9-8/h1-6H,9H2. The molecule has 0 aromatic heterocycles. The first-order valence-electron chi connectivity index (χ1n) is 3.21. The fourth-order valence-corrected chi connectivity index (χ4v) is 4.07. The van der Waals surface area contributed by atoms with Crippen molar-refractivity contribution in [2.24, 2.45) is 0 Å². The summed E-state index contributed by atoms with van der Waals surface area (Å²) in [4.78, 5) is 2.39. The van der Waals surface area contributed by atoms with Crippen molar-refractivity contribution in [3.05, 3.63) is 34.7 Å². The van der Waals surface area contributed by atoms with Gasteiger partial charge < -0.3 is 0 Å². The summed E-state index contributed by atoms with van der Waals surface area (Å²) in [7, 11) is 0. The number of hydrogen-bond donors (Lipinski definition) is 0. The van der Waals surface area contributed by atoms with Crippen molar-refractivity contribution in [2.75, 3.05) is 0 Å². The molecule has 0 amide bonds. The van der Waals surface area contributed by atoms with Crippen LogP contribution < -0.4 is 4.40 Å². The predicted molar refractivity (Wildman–Crippen MR) is 43.7 cm³/mol. The van der Waals surface area contributed by atoms with E-state index in [0.29, 0.717) is 0 Å². The van der Waals surface area contributed by atoms with Gasteiger partial charge in [0.05, 0.1) is 0 Å². The fraction of sp³-hybridized carbons (Fsp3) is 0. The molecule has 0 bridgehead atoms. The van der Waals surface area contributed by atoms with Gasteiger partial charge >= 0.3 is 60.6 Å². The molecule has 1 aromatic carbocycles. The van der Waals surface area contributed by atoms with Gasteiger partial charge in [-0.05, 0) is 0 Å². The van der Waals surface area contributed by atoms with Crippen LogP contribution >= 0.6 is 0 Å².